The van der Waals surface area contributed by atoms with Crippen LogP contribution in [-0.2, 0) is 12.8 Å². The van der Waals surface area contributed by atoms with E-state index in [-0.39, 0.29) is 24.7 Å². The molecular weight excluding hydrogens is 409 g/mol. The van der Waals surface area contributed by atoms with Gasteiger partial charge in [0.05, 0.1) is 17.8 Å². The molecule has 1 aliphatic carbocycles. The van der Waals surface area contributed by atoms with Crippen molar-refractivity contribution in [3.63, 3.8) is 0 Å². The maximum atomic E-state index is 13.3. The molecule has 3 rings (SSSR count). The largest absolute Gasteiger partial charge is 0.431 e. The average Bonchev–Trinajstić information content (AvgIpc) is 2.73. The lowest BCUT2D eigenvalue weighted by Crippen LogP contribution is -2.30. The van der Waals surface area contributed by atoms with Crippen molar-refractivity contribution in [1.29, 1.82) is 10.8 Å². The number of benzene rings is 1. The number of aliphatic hydroxyl groups excluding tert-OH is 1. The van der Waals surface area contributed by atoms with Gasteiger partial charge in [-0.2, -0.15) is 13.2 Å². The van der Waals surface area contributed by atoms with E-state index in [1.807, 2.05) is 0 Å². The predicted molar refractivity (Wildman–Crippen MR) is 115 cm³/mol. The zero-order chi connectivity index (χ0) is 22.9. The Hall–Kier alpha value is -3.14. The molecule has 1 aliphatic rings. The fourth-order valence-corrected chi connectivity index (χ4v) is 3.99. The highest BCUT2D eigenvalue weighted by Gasteiger charge is 2.36. The van der Waals surface area contributed by atoms with Crippen molar-refractivity contribution in [2.75, 3.05) is 25.9 Å². The van der Waals surface area contributed by atoms with Gasteiger partial charge >= 0.3 is 6.18 Å². The minimum atomic E-state index is -4.79. The van der Waals surface area contributed by atoms with Gasteiger partial charge in [-0.25, -0.2) is 4.98 Å². The van der Waals surface area contributed by atoms with Crippen LogP contribution in [0.5, 0.6) is 0 Å². The Balaban J connectivity index is 2.38. The Labute approximate surface area is 177 Å². The van der Waals surface area contributed by atoms with Crippen LogP contribution in [0.15, 0.2) is 17.8 Å². The number of alkyl halides is 3. The summed E-state index contributed by atoms with van der Waals surface area (Å²) in [7, 11) is 1.66. The molecule has 1 heterocycles. The molecule has 0 saturated heterocycles. The van der Waals surface area contributed by atoms with Crippen LogP contribution in [0.25, 0.3) is 16.5 Å². The number of halogens is 3. The summed E-state index contributed by atoms with van der Waals surface area (Å²) >= 11 is 0. The highest BCUT2D eigenvalue weighted by molar-refractivity contribution is 6.15. The van der Waals surface area contributed by atoms with Crippen molar-refractivity contribution < 1.29 is 18.3 Å². The number of fused-ring (bicyclic) bond motifs is 3. The lowest BCUT2D eigenvalue weighted by atomic mass is 9.84. The number of aromatic nitrogens is 1. The maximum Gasteiger partial charge on any atom is 0.431 e. The Morgan fingerprint density at radius 1 is 1.26 bits per heavy atom. The zero-order valence-electron chi connectivity index (χ0n) is 17.1. The summed E-state index contributed by atoms with van der Waals surface area (Å²) < 4.78 is 40.0. The van der Waals surface area contributed by atoms with Gasteiger partial charge in [0.25, 0.3) is 0 Å². The summed E-state index contributed by atoms with van der Waals surface area (Å²) in [6.45, 7) is 0.0828. The first-order valence-corrected chi connectivity index (χ1v) is 9.84. The quantitative estimate of drug-likeness (QED) is 0.280. The molecule has 0 atom stereocenters. The second-order valence-electron chi connectivity index (χ2n) is 7.51. The standard InChI is InChI=1S/C21H25F3N6O/c1-30(8-9-31)20(28)17-14(26)6-7-15-16(17)11-4-2-3-5-12(11)18(29-15)13(10-25)19(27)21(22,23)24/h6-7,10,25,28,31H,2-5,8-9,26-27H2,1H3. The molecule has 10 heteroatoms. The van der Waals surface area contributed by atoms with E-state index in [1.54, 1.807) is 24.1 Å². The van der Waals surface area contributed by atoms with E-state index in [9.17, 15) is 18.3 Å². The molecule has 166 valence electrons. The van der Waals surface area contributed by atoms with Crippen molar-refractivity contribution in [2.24, 2.45) is 5.73 Å². The van der Waals surface area contributed by atoms with E-state index >= 15 is 0 Å². The summed E-state index contributed by atoms with van der Waals surface area (Å²) in [6, 6.07) is 3.17. The first-order valence-electron chi connectivity index (χ1n) is 9.84. The monoisotopic (exact) mass is 434 g/mol. The molecule has 7 N–H and O–H groups in total. The molecule has 2 aromatic rings. The molecule has 0 amide bonds. The number of anilines is 1. The van der Waals surface area contributed by atoms with Gasteiger partial charge in [-0.15, -0.1) is 0 Å². The van der Waals surface area contributed by atoms with Gasteiger partial charge in [0.1, 0.15) is 11.5 Å². The highest BCUT2D eigenvalue weighted by atomic mass is 19.4. The fraction of sp³-hybridized carbons (Fsp3) is 0.381. The molecule has 0 fully saturated rings. The number of nitrogen functional groups attached to an aromatic ring is 1. The molecule has 0 bridgehead atoms. The van der Waals surface area contributed by atoms with Crippen LogP contribution in [0.2, 0.25) is 0 Å². The van der Waals surface area contributed by atoms with Crippen molar-refractivity contribution in [1.82, 2.24) is 9.88 Å². The lowest BCUT2D eigenvalue weighted by Gasteiger charge is -2.26. The number of nitrogens with one attached hydrogen (secondary N) is 2. The number of nitrogens with zero attached hydrogens (tertiary/aromatic N) is 2. The molecule has 31 heavy (non-hydrogen) atoms. The Kier molecular flexibility index (Phi) is 6.21. The van der Waals surface area contributed by atoms with E-state index in [1.165, 1.54) is 0 Å². The summed E-state index contributed by atoms with van der Waals surface area (Å²) in [6.07, 6.45) is -1.51. The van der Waals surface area contributed by atoms with Crippen LogP contribution in [0.1, 0.15) is 35.2 Å². The molecule has 0 saturated carbocycles. The van der Waals surface area contributed by atoms with Crippen LogP contribution < -0.4 is 11.5 Å². The number of aliphatic hydroxyl groups is 1. The van der Waals surface area contributed by atoms with Crippen LogP contribution in [0.4, 0.5) is 18.9 Å². The Morgan fingerprint density at radius 2 is 1.90 bits per heavy atom. The van der Waals surface area contributed by atoms with E-state index in [4.69, 9.17) is 22.3 Å². The molecule has 1 aromatic heterocycles. The fourth-order valence-electron chi connectivity index (χ4n) is 3.99. The summed E-state index contributed by atoms with van der Waals surface area (Å²) in [5.74, 6) is 0.0945. The number of nitrogens with two attached hydrogens (primary N) is 2. The number of aryl methyl sites for hydroxylation is 1. The van der Waals surface area contributed by atoms with E-state index < -0.39 is 17.4 Å². The number of rotatable bonds is 5. The second kappa shape index (κ2) is 8.54. The maximum absolute atomic E-state index is 13.3. The van der Waals surface area contributed by atoms with Crippen LogP contribution in [0, 0.1) is 10.8 Å². The molecule has 0 spiro atoms. The number of hydrogen-bond acceptors (Lipinski definition) is 6. The minimum absolute atomic E-state index is 0.0537. The van der Waals surface area contributed by atoms with Crippen LogP contribution >= 0.6 is 0 Å². The Morgan fingerprint density at radius 3 is 2.48 bits per heavy atom. The normalized spacial score (nSPS) is 14.7. The van der Waals surface area contributed by atoms with Crippen molar-refractivity contribution in [3.8, 4) is 0 Å². The summed E-state index contributed by atoms with van der Waals surface area (Å²) in [5, 5.41) is 26.1. The number of likely N-dealkylation sites (N-methyl/N-ethyl adjacent to an activating group) is 1. The van der Waals surface area contributed by atoms with Gasteiger partial charge in [-0.1, -0.05) is 0 Å². The molecule has 0 aliphatic heterocycles. The summed E-state index contributed by atoms with van der Waals surface area (Å²) in [4.78, 5) is 6.03. The summed E-state index contributed by atoms with van der Waals surface area (Å²) in [5.41, 5.74) is 12.4. The van der Waals surface area contributed by atoms with Gasteiger partial charge < -0.3 is 26.9 Å². The number of amidine groups is 1. The van der Waals surface area contributed by atoms with Gasteiger partial charge in [0.15, 0.2) is 0 Å². The van der Waals surface area contributed by atoms with E-state index in [0.717, 1.165) is 18.4 Å². The van der Waals surface area contributed by atoms with Gasteiger partial charge in [0, 0.05) is 42.0 Å². The minimum Gasteiger partial charge on any atom is -0.398 e. The van der Waals surface area contributed by atoms with Gasteiger partial charge in [-0.05, 0) is 48.9 Å². The molecule has 7 nitrogen and oxygen atoms in total. The first-order chi connectivity index (χ1) is 14.6. The molecule has 0 unspecified atom stereocenters. The number of allylic oxidation sites excluding steroid dienone is 2. The Bertz CT molecular complexity index is 1080. The number of pyridine rings is 1. The smallest absolute Gasteiger partial charge is 0.398 e. The molecular formula is C21H25F3N6O. The topological polar surface area (TPSA) is 136 Å². The van der Waals surface area contributed by atoms with Gasteiger partial charge in [-0.3, -0.25) is 5.41 Å². The van der Waals surface area contributed by atoms with Gasteiger partial charge in [0.2, 0.25) is 0 Å². The van der Waals surface area contributed by atoms with Crippen molar-refractivity contribution in [3.05, 3.63) is 40.2 Å². The highest BCUT2D eigenvalue weighted by Crippen LogP contribution is 2.38. The van der Waals surface area contributed by atoms with Crippen LogP contribution in [0.3, 0.4) is 0 Å². The number of hydrogen-bond donors (Lipinski definition) is 5. The SMILES string of the molecule is CN(CCO)C(=N)c1c(N)ccc2nc(C(C=N)=C(N)C(F)(F)F)c3c(c12)CCCC3. The lowest BCUT2D eigenvalue weighted by molar-refractivity contribution is -0.0919. The van der Waals surface area contributed by atoms with Crippen LogP contribution in [-0.4, -0.2) is 53.4 Å². The van der Waals surface area contributed by atoms with Crippen molar-refractivity contribution >= 4 is 34.2 Å². The predicted octanol–water partition coefficient (Wildman–Crippen LogP) is 2.83. The van der Waals surface area contributed by atoms with Crippen molar-refractivity contribution in [2.45, 2.75) is 31.9 Å². The molecule has 0 radical (unpaired) electrons. The third kappa shape index (κ3) is 4.07. The average molecular weight is 434 g/mol. The van der Waals surface area contributed by atoms with E-state index in [2.05, 4.69) is 4.98 Å². The third-order valence-corrected chi connectivity index (χ3v) is 5.55. The molecule has 1 aromatic carbocycles. The second-order valence-corrected chi connectivity index (χ2v) is 7.51. The van der Waals surface area contributed by atoms with E-state index in [0.29, 0.717) is 46.8 Å². The third-order valence-electron chi connectivity index (χ3n) is 5.55. The zero-order valence-corrected chi connectivity index (χ0v) is 17.1. The first kappa shape index (κ1) is 22.5.